The van der Waals surface area contributed by atoms with E-state index in [2.05, 4.69) is 19.1 Å². The van der Waals surface area contributed by atoms with Gasteiger partial charge >= 0.3 is 0 Å². The van der Waals surface area contributed by atoms with Crippen molar-refractivity contribution in [2.45, 2.75) is 18.2 Å². The molecule has 3 heteroatoms. The Hall–Kier alpha value is -1.48. The molecule has 0 radical (unpaired) electrons. The van der Waals surface area contributed by atoms with E-state index in [0.29, 0.717) is 12.2 Å². The third-order valence-corrected chi connectivity index (χ3v) is 3.47. The van der Waals surface area contributed by atoms with Gasteiger partial charge in [0.05, 0.1) is 18.3 Å². The van der Waals surface area contributed by atoms with E-state index in [9.17, 15) is 4.79 Å². The third kappa shape index (κ3) is 3.79. The number of rotatable bonds is 5. The molecule has 0 spiro atoms. The summed E-state index contributed by atoms with van der Waals surface area (Å²) < 4.78 is 4.93. The Labute approximate surface area is 105 Å². The molecular formula is C14H14O2S. The van der Waals surface area contributed by atoms with Crippen LogP contribution in [-0.4, -0.2) is 11.5 Å². The summed E-state index contributed by atoms with van der Waals surface area (Å²) in [5.41, 5.74) is 2.18. The van der Waals surface area contributed by atoms with Crippen molar-refractivity contribution >= 4 is 17.5 Å². The highest BCUT2D eigenvalue weighted by Crippen LogP contribution is 2.18. The van der Waals surface area contributed by atoms with Gasteiger partial charge in [-0.2, -0.15) is 0 Å². The summed E-state index contributed by atoms with van der Waals surface area (Å²) in [4.78, 5) is 12.8. The predicted molar refractivity (Wildman–Crippen MR) is 69.3 cm³/mol. The molecule has 0 amide bonds. The Morgan fingerprint density at radius 1 is 1.24 bits per heavy atom. The lowest BCUT2D eigenvalue weighted by atomic mass is 10.2. The largest absolute Gasteiger partial charge is 0.472 e. The molecule has 88 valence electrons. The van der Waals surface area contributed by atoms with Crippen molar-refractivity contribution < 1.29 is 9.21 Å². The van der Waals surface area contributed by atoms with Crippen molar-refractivity contribution in [1.82, 2.24) is 0 Å². The van der Waals surface area contributed by atoms with Crippen LogP contribution in [0.2, 0.25) is 0 Å². The molecular weight excluding hydrogens is 232 g/mol. The Morgan fingerprint density at radius 2 is 2.00 bits per heavy atom. The number of hydrogen-bond donors (Lipinski definition) is 0. The van der Waals surface area contributed by atoms with E-state index in [-0.39, 0.29) is 5.78 Å². The average molecular weight is 246 g/mol. The van der Waals surface area contributed by atoms with Crippen LogP contribution in [0.15, 0.2) is 52.2 Å². The highest BCUT2D eigenvalue weighted by Gasteiger charge is 2.05. The van der Waals surface area contributed by atoms with E-state index in [1.54, 1.807) is 24.3 Å². The summed E-state index contributed by atoms with van der Waals surface area (Å²) >= 11 is 1.58. The number of ketones is 1. The Balaban J connectivity index is 1.82. The van der Waals surface area contributed by atoms with E-state index >= 15 is 0 Å². The molecule has 0 aliphatic carbocycles. The zero-order valence-electron chi connectivity index (χ0n) is 9.68. The van der Waals surface area contributed by atoms with Gasteiger partial charge < -0.3 is 4.42 Å². The number of Topliss-reactive ketones (excluding diaryl/α,β-unsaturated/α-hetero) is 1. The van der Waals surface area contributed by atoms with Crippen molar-refractivity contribution in [2.24, 2.45) is 0 Å². The fraction of sp³-hybridized carbons (Fsp3) is 0.214. The number of hydrogen-bond acceptors (Lipinski definition) is 3. The van der Waals surface area contributed by atoms with Crippen LogP contribution >= 0.6 is 11.8 Å². The maximum absolute atomic E-state index is 11.7. The van der Waals surface area contributed by atoms with E-state index < -0.39 is 0 Å². The molecule has 1 heterocycles. The minimum Gasteiger partial charge on any atom is -0.472 e. The van der Waals surface area contributed by atoms with Crippen LogP contribution in [0, 0.1) is 6.92 Å². The SMILES string of the molecule is Cc1ccc(SCC(=O)Cc2ccoc2)cc1. The quantitative estimate of drug-likeness (QED) is 0.756. The van der Waals surface area contributed by atoms with E-state index in [0.717, 1.165) is 10.5 Å². The molecule has 0 fully saturated rings. The monoisotopic (exact) mass is 246 g/mol. The van der Waals surface area contributed by atoms with Crippen LogP contribution in [-0.2, 0) is 11.2 Å². The maximum Gasteiger partial charge on any atom is 0.147 e. The number of carbonyl (C=O) groups is 1. The molecule has 0 bridgehead atoms. The van der Waals surface area contributed by atoms with Gasteiger partial charge in [0.25, 0.3) is 0 Å². The normalized spacial score (nSPS) is 10.4. The topological polar surface area (TPSA) is 30.2 Å². The van der Waals surface area contributed by atoms with Crippen molar-refractivity contribution in [3.8, 4) is 0 Å². The van der Waals surface area contributed by atoms with Crippen molar-refractivity contribution in [2.75, 3.05) is 5.75 Å². The first kappa shape index (κ1) is 12.0. The standard InChI is InChI=1S/C14H14O2S/c1-11-2-4-14(5-3-11)17-10-13(15)8-12-6-7-16-9-12/h2-7,9H,8,10H2,1H3. The number of benzene rings is 1. The smallest absolute Gasteiger partial charge is 0.147 e. The van der Waals surface area contributed by atoms with Crippen LogP contribution in [0.1, 0.15) is 11.1 Å². The molecule has 0 unspecified atom stereocenters. The van der Waals surface area contributed by atoms with E-state index in [1.165, 1.54) is 5.56 Å². The molecule has 0 aliphatic heterocycles. The molecule has 0 N–H and O–H groups in total. The van der Waals surface area contributed by atoms with Gasteiger partial charge in [-0.3, -0.25) is 4.79 Å². The first-order valence-corrected chi connectivity index (χ1v) is 6.45. The van der Waals surface area contributed by atoms with E-state index in [1.807, 2.05) is 18.2 Å². The zero-order chi connectivity index (χ0) is 12.1. The summed E-state index contributed by atoms with van der Waals surface area (Å²) in [7, 11) is 0. The Bertz CT molecular complexity index is 471. The number of furan rings is 1. The second-order valence-corrected chi connectivity index (χ2v) is 5.00. The molecule has 2 rings (SSSR count). The van der Waals surface area contributed by atoms with Gasteiger partial charge in [-0.25, -0.2) is 0 Å². The lowest BCUT2D eigenvalue weighted by Gasteiger charge is -2.01. The van der Waals surface area contributed by atoms with Crippen LogP contribution in [0.5, 0.6) is 0 Å². The molecule has 0 atom stereocenters. The van der Waals surface area contributed by atoms with Crippen molar-refractivity contribution in [3.63, 3.8) is 0 Å². The van der Waals surface area contributed by atoms with Gasteiger partial charge in [0.15, 0.2) is 0 Å². The third-order valence-electron chi connectivity index (χ3n) is 2.40. The summed E-state index contributed by atoms with van der Waals surface area (Å²) in [6.45, 7) is 2.05. The number of carbonyl (C=O) groups excluding carboxylic acids is 1. The molecule has 0 saturated carbocycles. The molecule has 1 aromatic carbocycles. The maximum atomic E-state index is 11.7. The second kappa shape index (κ2) is 5.73. The Kier molecular flexibility index (Phi) is 4.04. The fourth-order valence-electron chi connectivity index (χ4n) is 1.47. The fourth-order valence-corrected chi connectivity index (χ4v) is 2.23. The highest BCUT2D eigenvalue weighted by atomic mass is 32.2. The lowest BCUT2D eigenvalue weighted by Crippen LogP contribution is -2.04. The van der Waals surface area contributed by atoms with Crippen molar-refractivity contribution in [3.05, 3.63) is 54.0 Å². The minimum atomic E-state index is 0.219. The van der Waals surface area contributed by atoms with Crippen LogP contribution < -0.4 is 0 Å². The van der Waals surface area contributed by atoms with E-state index in [4.69, 9.17) is 4.42 Å². The van der Waals surface area contributed by atoms with Gasteiger partial charge in [0, 0.05) is 11.3 Å². The second-order valence-electron chi connectivity index (χ2n) is 3.95. The number of thioether (sulfide) groups is 1. The molecule has 0 aliphatic rings. The van der Waals surface area contributed by atoms with Crippen molar-refractivity contribution in [1.29, 1.82) is 0 Å². The lowest BCUT2D eigenvalue weighted by molar-refractivity contribution is -0.116. The molecule has 2 nitrogen and oxygen atoms in total. The van der Waals surface area contributed by atoms with Gasteiger partial charge in [0.2, 0.25) is 0 Å². The summed E-state index contributed by atoms with van der Waals surface area (Å²) in [5.74, 6) is 0.728. The Morgan fingerprint density at radius 3 is 2.65 bits per heavy atom. The molecule has 1 aromatic heterocycles. The minimum absolute atomic E-state index is 0.219. The highest BCUT2D eigenvalue weighted by molar-refractivity contribution is 8.00. The summed E-state index contributed by atoms with van der Waals surface area (Å²) in [5, 5.41) is 0. The summed E-state index contributed by atoms with van der Waals surface area (Å²) in [6.07, 6.45) is 3.67. The zero-order valence-corrected chi connectivity index (χ0v) is 10.5. The average Bonchev–Trinajstić information content (AvgIpc) is 2.81. The predicted octanol–water partition coefficient (Wildman–Crippen LogP) is 3.49. The van der Waals surface area contributed by atoms with Crippen LogP contribution in [0.4, 0.5) is 0 Å². The van der Waals surface area contributed by atoms with Gasteiger partial charge in [-0.1, -0.05) is 17.7 Å². The first-order valence-electron chi connectivity index (χ1n) is 5.46. The summed E-state index contributed by atoms with van der Waals surface area (Å²) in [6, 6.07) is 10.0. The first-order chi connectivity index (χ1) is 8.24. The van der Waals surface area contributed by atoms with Gasteiger partial charge in [-0.05, 0) is 30.7 Å². The number of aryl methyl sites for hydroxylation is 1. The molecule has 2 aromatic rings. The van der Waals surface area contributed by atoms with Crippen LogP contribution in [0.3, 0.4) is 0 Å². The van der Waals surface area contributed by atoms with Gasteiger partial charge in [0.1, 0.15) is 5.78 Å². The molecule has 17 heavy (non-hydrogen) atoms. The van der Waals surface area contributed by atoms with Gasteiger partial charge in [-0.15, -0.1) is 11.8 Å². The van der Waals surface area contributed by atoms with Crippen LogP contribution in [0.25, 0.3) is 0 Å². The molecule has 0 saturated heterocycles.